The molecule has 0 spiro atoms. The standard InChI is InChI=1S/C17H21ClN4O2/c1-11(2)8-9-19-17(23)13-5-7-16(22-21-13)20-14-10-12(18)4-6-15(14)24-3/h4-7,10-11H,8-9H2,1-3H3,(H,19,23)(H,20,22). The average molecular weight is 349 g/mol. The third-order valence-electron chi connectivity index (χ3n) is 3.33. The van der Waals surface area contributed by atoms with Crippen molar-refractivity contribution in [2.24, 2.45) is 5.92 Å². The summed E-state index contributed by atoms with van der Waals surface area (Å²) in [6, 6.07) is 8.53. The van der Waals surface area contributed by atoms with Crippen LogP contribution in [0.15, 0.2) is 30.3 Å². The summed E-state index contributed by atoms with van der Waals surface area (Å²) >= 11 is 5.99. The Labute approximate surface area is 146 Å². The van der Waals surface area contributed by atoms with Crippen molar-refractivity contribution in [1.82, 2.24) is 15.5 Å². The fourth-order valence-corrected chi connectivity index (χ4v) is 2.17. The first kappa shape index (κ1) is 18.0. The van der Waals surface area contributed by atoms with Crippen LogP contribution in [0.25, 0.3) is 0 Å². The fourth-order valence-electron chi connectivity index (χ4n) is 2.00. The van der Waals surface area contributed by atoms with Gasteiger partial charge in [-0.1, -0.05) is 25.4 Å². The molecule has 24 heavy (non-hydrogen) atoms. The Bertz CT molecular complexity index is 689. The molecule has 1 heterocycles. The van der Waals surface area contributed by atoms with Crippen LogP contribution in [-0.4, -0.2) is 29.8 Å². The number of amides is 1. The molecule has 0 aliphatic rings. The minimum Gasteiger partial charge on any atom is -0.495 e. The van der Waals surface area contributed by atoms with Gasteiger partial charge in [-0.15, -0.1) is 10.2 Å². The fraction of sp³-hybridized carbons (Fsp3) is 0.353. The van der Waals surface area contributed by atoms with E-state index in [1.807, 2.05) is 0 Å². The molecule has 7 heteroatoms. The van der Waals surface area contributed by atoms with Gasteiger partial charge < -0.3 is 15.4 Å². The molecule has 0 saturated heterocycles. The summed E-state index contributed by atoms with van der Waals surface area (Å²) in [7, 11) is 1.57. The highest BCUT2D eigenvalue weighted by molar-refractivity contribution is 6.31. The highest BCUT2D eigenvalue weighted by Crippen LogP contribution is 2.29. The van der Waals surface area contributed by atoms with Crippen molar-refractivity contribution in [1.29, 1.82) is 0 Å². The van der Waals surface area contributed by atoms with E-state index in [9.17, 15) is 4.79 Å². The summed E-state index contributed by atoms with van der Waals surface area (Å²) in [6.45, 7) is 4.84. The van der Waals surface area contributed by atoms with Gasteiger partial charge in [0.1, 0.15) is 5.75 Å². The lowest BCUT2D eigenvalue weighted by molar-refractivity contribution is 0.0946. The molecule has 2 rings (SSSR count). The second kappa shape index (κ2) is 8.49. The number of halogens is 1. The number of anilines is 2. The van der Waals surface area contributed by atoms with Gasteiger partial charge in [0.25, 0.3) is 5.91 Å². The normalized spacial score (nSPS) is 10.5. The van der Waals surface area contributed by atoms with Gasteiger partial charge in [-0.25, -0.2) is 0 Å². The van der Waals surface area contributed by atoms with Gasteiger partial charge >= 0.3 is 0 Å². The first-order chi connectivity index (χ1) is 11.5. The molecular weight excluding hydrogens is 328 g/mol. The van der Waals surface area contributed by atoms with Crippen molar-refractivity contribution < 1.29 is 9.53 Å². The summed E-state index contributed by atoms with van der Waals surface area (Å²) in [6.07, 6.45) is 0.924. The van der Waals surface area contributed by atoms with E-state index in [0.717, 1.165) is 6.42 Å². The van der Waals surface area contributed by atoms with Gasteiger partial charge in [0.15, 0.2) is 11.5 Å². The number of hydrogen-bond acceptors (Lipinski definition) is 5. The Balaban J connectivity index is 2.02. The molecule has 0 atom stereocenters. The number of rotatable bonds is 7. The Morgan fingerprint density at radius 1 is 1.25 bits per heavy atom. The molecule has 1 amide bonds. The van der Waals surface area contributed by atoms with E-state index in [2.05, 4.69) is 34.7 Å². The number of hydrogen-bond donors (Lipinski definition) is 2. The van der Waals surface area contributed by atoms with Crippen LogP contribution in [0.3, 0.4) is 0 Å². The van der Waals surface area contributed by atoms with Crippen LogP contribution in [0.4, 0.5) is 11.5 Å². The molecule has 1 aromatic carbocycles. The molecule has 0 aliphatic heterocycles. The highest BCUT2D eigenvalue weighted by Gasteiger charge is 2.09. The van der Waals surface area contributed by atoms with Crippen LogP contribution >= 0.6 is 11.6 Å². The van der Waals surface area contributed by atoms with Crippen molar-refractivity contribution in [2.45, 2.75) is 20.3 Å². The van der Waals surface area contributed by atoms with Crippen LogP contribution in [0.1, 0.15) is 30.8 Å². The summed E-state index contributed by atoms with van der Waals surface area (Å²) in [5.41, 5.74) is 0.954. The lowest BCUT2D eigenvalue weighted by Crippen LogP contribution is -2.26. The Hall–Kier alpha value is -2.34. The number of methoxy groups -OCH3 is 1. The number of nitrogens with zero attached hydrogens (tertiary/aromatic N) is 2. The van der Waals surface area contributed by atoms with Gasteiger partial charge in [-0.3, -0.25) is 4.79 Å². The molecule has 1 aromatic heterocycles. The van der Waals surface area contributed by atoms with Crippen LogP contribution in [-0.2, 0) is 0 Å². The molecule has 0 radical (unpaired) electrons. The lowest BCUT2D eigenvalue weighted by atomic mass is 10.1. The number of benzene rings is 1. The minimum absolute atomic E-state index is 0.227. The van der Waals surface area contributed by atoms with Crippen LogP contribution in [0, 0.1) is 5.92 Å². The number of ether oxygens (including phenoxy) is 1. The first-order valence-electron chi connectivity index (χ1n) is 7.72. The predicted octanol–water partition coefficient (Wildman–Crippen LogP) is 3.66. The Morgan fingerprint density at radius 3 is 2.67 bits per heavy atom. The molecule has 0 aliphatic carbocycles. The zero-order valence-corrected chi connectivity index (χ0v) is 14.7. The van der Waals surface area contributed by atoms with E-state index in [-0.39, 0.29) is 11.6 Å². The van der Waals surface area contributed by atoms with Crippen molar-refractivity contribution >= 4 is 29.0 Å². The van der Waals surface area contributed by atoms with Crippen molar-refractivity contribution in [3.8, 4) is 5.75 Å². The summed E-state index contributed by atoms with van der Waals surface area (Å²) in [5.74, 6) is 1.44. The maximum Gasteiger partial charge on any atom is 0.271 e. The number of carbonyl (C=O) groups is 1. The largest absolute Gasteiger partial charge is 0.495 e. The lowest BCUT2D eigenvalue weighted by Gasteiger charge is -2.11. The minimum atomic E-state index is -0.227. The highest BCUT2D eigenvalue weighted by atomic mass is 35.5. The van der Waals surface area contributed by atoms with E-state index in [1.165, 1.54) is 0 Å². The molecule has 0 bridgehead atoms. The molecule has 0 unspecified atom stereocenters. The average Bonchev–Trinajstić information content (AvgIpc) is 2.55. The smallest absolute Gasteiger partial charge is 0.271 e. The van der Waals surface area contributed by atoms with Crippen molar-refractivity contribution in [2.75, 3.05) is 19.0 Å². The molecule has 6 nitrogen and oxygen atoms in total. The molecular formula is C17H21ClN4O2. The maximum atomic E-state index is 12.0. The number of nitrogens with one attached hydrogen (secondary N) is 2. The van der Waals surface area contributed by atoms with Crippen LogP contribution < -0.4 is 15.4 Å². The monoisotopic (exact) mass is 348 g/mol. The molecule has 128 valence electrons. The zero-order valence-electron chi connectivity index (χ0n) is 14.0. The van der Waals surface area contributed by atoms with E-state index in [1.54, 1.807) is 37.4 Å². The predicted molar refractivity (Wildman–Crippen MR) is 95.1 cm³/mol. The SMILES string of the molecule is COc1ccc(Cl)cc1Nc1ccc(C(=O)NCCC(C)C)nn1. The number of aromatic nitrogens is 2. The molecule has 0 saturated carbocycles. The molecule has 2 aromatic rings. The van der Waals surface area contributed by atoms with Gasteiger partial charge in [-0.2, -0.15) is 0 Å². The second-order valence-corrected chi connectivity index (χ2v) is 6.15. The Morgan fingerprint density at radius 2 is 2.04 bits per heavy atom. The second-order valence-electron chi connectivity index (χ2n) is 5.71. The summed E-state index contributed by atoms with van der Waals surface area (Å²) in [4.78, 5) is 12.0. The van der Waals surface area contributed by atoms with Gasteiger partial charge in [0.2, 0.25) is 0 Å². The number of carbonyl (C=O) groups excluding carboxylic acids is 1. The summed E-state index contributed by atoms with van der Waals surface area (Å²) < 4.78 is 5.26. The van der Waals surface area contributed by atoms with E-state index in [0.29, 0.717) is 34.7 Å². The van der Waals surface area contributed by atoms with Crippen molar-refractivity contribution in [3.05, 3.63) is 41.0 Å². The molecule has 0 fully saturated rings. The van der Waals surface area contributed by atoms with E-state index >= 15 is 0 Å². The van der Waals surface area contributed by atoms with Crippen molar-refractivity contribution in [3.63, 3.8) is 0 Å². The third-order valence-corrected chi connectivity index (χ3v) is 3.56. The molecule has 2 N–H and O–H groups in total. The van der Waals surface area contributed by atoms with Gasteiger partial charge in [0.05, 0.1) is 12.8 Å². The maximum absolute atomic E-state index is 12.0. The summed E-state index contributed by atoms with van der Waals surface area (Å²) in [5, 5.41) is 14.5. The van der Waals surface area contributed by atoms with Crippen LogP contribution in [0.5, 0.6) is 5.75 Å². The van der Waals surface area contributed by atoms with E-state index < -0.39 is 0 Å². The van der Waals surface area contributed by atoms with Gasteiger partial charge in [0, 0.05) is 11.6 Å². The Kier molecular flexibility index (Phi) is 6.37. The quantitative estimate of drug-likeness (QED) is 0.798. The van der Waals surface area contributed by atoms with E-state index in [4.69, 9.17) is 16.3 Å². The third kappa shape index (κ3) is 5.09. The van der Waals surface area contributed by atoms with Crippen LogP contribution in [0.2, 0.25) is 5.02 Å². The first-order valence-corrected chi connectivity index (χ1v) is 8.10. The zero-order chi connectivity index (χ0) is 17.5. The topological polar surface area (TPSA) is 76.1 Å². The van der Waals surface area contributed by atoms with Gasteiger partial charge in [-0.05, 0) is 42.7 Å².